The van der Waals surface area contributed by atoms with Crippen LogP contribution in [0.4, 0.5) is 11.4 Å². The van der Waals surface area contributed by atoms with Gasteiger partial charge in [0.25, 0.3) is 0 Å². The molecule has 0 saturated carbocycles. The molecule has 1 N–H and O–H groups in total. The zero-order chi connectivity index (χ0) is 20.1. The van der Waals surface area contributed by atoms with E-state index in [2.05, 4.69) is 30.1 Å². The van der Waals surface area contributed by atoms with E-state index in [-0.39, 0.29) is 11.3 Å². The van der Waals surface area contributed by atoms with Crippen molar-refractivity contribution in [1.82, 2.24) is 0 Å². The average molecular weight is 376 g/mol. The third kappa shape index (κ3) is 4.14. The molecule has 0 unspecified atom stereocenters. The highest BCUT2D eigenvalue weighted by Crippen LogP contribution is 2.22. The molecule has 0 spiro atoms. The van der Waals surface area contributed by atoms with Crippen molar-refractivity contribution >= 4 is 34.3 Å². The van der Waals surface area contributed by atoms with Crippen LogP contribution in [0, 0.1) is 6.92 Å². The second-order valence-corrected chi connectivity index (χ2v) is 6.51. The number of amides is 1. The Bertz CT molecular complexity index is 1080. The Labute approximate surface area is 164 Å². The van der Waals surface area contributed by atoms with Gasteiger partial charge in [0.1, 0.15) is 11.8 Å². The van der Waals surface area contributed by atoms with Crippen LogP contribution in [0.1, 0.15) is 25.0 Å². The summed E-state index contributed by atoms with van der Waals surface area (Å²) in [4.78, 5) is 27.0. The summed E-state index contributed by atoms with van der Waals surface area (Å²) in [5.41, 5.74) is 3.56. The maximum atomic E-state index is 12.5. The van der Waals surface area contributed by atoms with Gasteiger partial charge in [0.05, 0.1) is 10.9 Å². The van der Waals surface area contributed by atoms with Crippen molar-refractivity contribution in [3.63, 3.8) is 0 Å². The first kappa shape index (κ1) is 19.4. The predicted octanol–water partition coefficient (Wildman–Crippen LogP) is 4.60. The normalized spacial score (nSPS) is 11.1. The molecule has 0 aliphatic rings. The number of hydrogen-bond acceptors (Lipinski definition) is 4. The van der Waals surface area contributed by atoms with Crippen LogP contribution < -0.4 is 15.6 Å². The molecule has 28 heavy (non-hydrogen) atoms. The molecule has 3 rings (SSSR count). The maximum Gasteiger partial charge on any atom is 0.248 e. The molecule has 1 heterocycles. The number of rotatable bonds is 6. The van der Waals surface area contributed by atoms with E-state index >= 15 is 0 Å². The van der Waals surface area contributed by atoms with E-state index in [4.69, 9.17) is 4.42 Å². The van der Waals surface area contributed by atoms with E-state index in [1.165, 1.54) is 18.4 Å². The Kier molecular flexibility index (Phi) is 5.94. The van der Waals surface area contributed by atoms with Gasteiger partial charge < -0.3 is 14.6 Å². The molecule has 0 aliphatic heterocycles. The van der Waals surface area contributed by atoms with Crippen molar-refractivity contribution in [2.24, 2.45) is 0 Å². The first-order valence-electron chi connectivity index (χ1n) is 9.38. The van der Waals surface area contributed by atoms with Gasteiger partial charge in [-0.25, -0.2) is 0 Å². The second kappa shape index (κ2) is 8.57. The van der Waals surface area contributed by atoms with Crippen molar-refractivity contribution in [1.29, 1.82) is 0 Å². The summed E-state index contributed by atoms with van der Waals surface area (Å²) in [6, 6.07) is 13.0. The molecule has 0 saturated heterocycles. The summed E-state index contributed by atoms with van der Waals surface area (Å²) in [7, 11) is 0. The van der Waals surface area contributed by atoms with E-state index in [1.807, 2.05) is 25.1 Å². The highest BCUT2D eigenvalue weighted by atomic mass is 16.3. The molecule has 0 fully saturated rings. The topological polar surface area (TPSA) is 62.6 Å². The van der Waals surface area contributed by atoms with E-state index in [0.717, 1.165) is 30.0 Å². The first-order valence-corrected chi connectivity index (χ1v) is 9.38. The monoisotopic (exact) mass is 376 g/mol. The zero-order valence-electron chi connectivity index (χ0n) is 16.4. The van der Waals surface area contributed by atoms with Crippen LogP contribution >= 0.6 is 0 Å². The number of carbonyl (C=O) groups excluding carboxylic acids is 1. The fourth-order valence-corrected chi connectivity index (χ4v) is 3.12. The van der Waals surface area contributed by atoms with Gasteiger partial charge >= 0.3 is 0 Å². The Morgan fingerprint density at radius 2 is 1.89 bits per heavy atom. The summed E-state index contributed by atoms with van der Waals surface area (Å²) >= 11 is 0. The minimum atomic E-state index is -0.300. The largest absolute Gasteiger partial charge is 0.463 e. The maximum absolute atomic E-state index is 12.5. The van der Waals surface area contributed by atoms with Gasteiger partial charge in [-0.15, -0.1) is 0 Å². The van der Waals surface area contributed by atoms with Crippen molar-refractivity contribution < 1.29 is 9.21 Å². The lowest BCUT2D eigenvalue weighted by Gasteiger charge is -2.22. The first-order chi connectivity index (χ1) is 13.5. The van der Waals surface area contributed by atoms with Crippen molar-refractivity contribution in [3.05, 3.63) is 76.2 Å². The molecule has 5 nitrogen and oxygen atoms in total. The van der Waals surface area contributed by atoms with E-state index < -0.39 is 0 Å². The molecule has 0 atom stereocenters. The summed E-state index contributed by atoms with van der Waals surface area (Å²) in [5.74, 6) is -0.300. The quantitative estimate of drug-likeness (QED) is 0.639. The summed E-state index contributed by atoms with van der Waals surface area (Å²) in [6.07, 6.45) is 4.20. The van der Waals surface area contributed by atoms with Gasteiger partial charge in [0, 0.05) is 30.5 Å². The smallest absolute Gasteiger partial charge is 0.248 e. The minimum Gasteiger partial charge on any atom is -0.463 e. The number of anilines is 2. The van der Waals surface area contributed by atoms with E-state index in [0.29, 0.717) is 16.5 Å². The molecule has 2 aromatic carbocycles. The van der Waals surface area contributed by atoms with Crippen LogP contribution in [-0.2, 0) is 4.79 Å². The standard InChI is InChI=1S/C23H24N2O3/c1-4-25(5-2)18-11-12-20(16(3)14-18)24-22(26)13-10-17-15-28-21-9-7-6-8-19(21)23(17)27/h6-15H,4-5H2,1-3H3,(H,24,26)/b13-10+. The van der Waals surface area contributed by atoms with Crippen LogP contribution in [-0.4, -0.2) is 19.0 Å². The lowest BCUT2D eigenvalue weighted by molar-refractivity contribution is -0.111. The number of nitrogens with one attached hydrogen (secondary N) is 1. The van der Waals surface area contributed by atoms with Crippen LogP contribution in [0.2, 0.25) is 0 Å². The van der Waals surface area contributed by atoms with Crippen LogP contribution in [0.5, 0.6) is 0 Å². The molecule has 5 heteroatoms. The molecule has 1 amide bonds. The van der Waals surface area contributed by atoms with E-state index in [1.54, 1.807) is 18.2 Å². The van der Waals surface area contributed by atoms with Gasteiger partial charge in [-0.2, -0.15) is 0 Å². The molecule has 0 aliphatic carbocycles. The number of aryl methyl sites for hydroxylation is 1. The summed E-state index contributed by atoms with van der Waals surface area (Å²) in [6.45, 7) is 8.05. The van der Waals surface area contributed by atoms with Gasteiger partial charge in [-0.1, -0.05) is 12.1 Å². The number of para-hydroxylation sites is 1. The van der Waals surface area contributed by atoms with Crippen molar-refractivity contribution in [2.75, 3.05) is 23.3 Å². The Hall–Kier alpha value is -3.34. The highest BCUT2D eigenvalue weighted by Gasteiger charge is 2.08. The number of hydrogen-bond donors (Lipinski definition) is 1. The summed E-state index contributed by atoms with van der Waals surface area (Å²) in [5, 5.41) is 3.36. The van der Waals surface area contributed by atoms with Gasteiger partial charge in [0.2, 0.25) is 5.91 Å². The lowest BCUT2D eigenvalue weighted by atomic mass is 10.1. The van der Waals surface area contributed by atoms with Crippen molar-refractivity contribution in [2.45, 2.75) is 20.8 Å². The molecular formula is C23H24N2O3. The molecule has 0 radical (unpaired) electrons. The number of fused-ring (bicyclic) bond motifs is 1. The fraction of sp³-hybridized carbons (Fsp3) is 0.217. The van der Waals surface area contributed by atoms with E-state index in [9.17, 15) is 9.59 Å². The van der Waals surface area contributed by atoms with Crippen LogP contribution in [0.25, 0.3) is 17.0 Å². The Morgan fingerprint density at radius 1 is 1.14 bits per heavy atom. The summed E-state index contributed by atoms with van der Waals surface area (Å²) < 4.78 is 5.46. The highest BCUT2D eigenvalue weighted by molar-refractivity contribution is 6.02. The lowest BCUT2D eigenvalue weighted by Crippen LogP contribution is -2.22. The number of nitrogens with zero attached hydrogens (tertiary/aromatic N) is 1. The van der Waals surface area contributed by atoms with Gasteiger partial charge in [0.15, 0.2) is 5.43 Å². The van der Waals surface area contributed by atoms with Crippen LogP contribution in [0.3, 0.4) is 0 Å². The average Bonchev–Trinajstić information content (AvgIpc) is 2.70. The van der Waals surface area contributed by atoms with Crippen molar-refractivity contribution in [3.8, 4) is 0 Å². The Balaban J connectivity index is 1.75. The van der Waals surface area contributed by atoms with Gasteiger partial charge in [-0.3, -0.25) is 9.59 Å². The minimum absolute atomic E-state index is 0.161. The van der Waals surface area contributed by atoms with Gasteiger partial charge in [-0.05, 0) is 62.7 Å². The third-order valence-corrected chi connectivity index (χ3v) is 4.72. The Morgan fingerprint density at radius 3 is 2.61 bits per heavy atom. The second-order valence-electron chi connectivity index (χ2n) is 6.51. The molecule has 144 valence electrons. The SMILES string of the molecule is CCN(CC)c1ccc(NC(=O)/C=C/c2coc3ccccc3c2=O)c(C)c1. The molecule has 0 bridgehead atoms. The fourth-order valence-electron chi connectivity index (χ4n) is 3.12. The molecule has 3 aromatic rings. The predicted molar refractivity (Wildman–Crippen MR) is 115 cm³/mol. The number of benzene rings is 2. The third-order valence-electron chi connectivity index (χ3n) is 4.72. The molecule has 1 aromatic heterocycles. The molecular weight excluding hydrogens is 352 g/mol. The zero-order valence-corrected chi connectivity index (χ0v) is 16.4. The van der Waals surface area contributed by atoms with Crippen LogP contribution in [0.15, 0.2) is 64.0 Å². The number of carbonyl (C=O) groups is 1.